The third-order valence-corrected chi connectivity index (χ3v) is 4.94. The van der Waals surface area contributed by atoms with Gasteiger partial charge in [0.15, 0.2) is 0 Å². The Labute approximate surface area is 169 Å². The molecule has 158 valence electrons. The normalized spacial score (nSPS) is 10.8. The minimum absolute atomic E-state index is 0.0698. The highest BCUT2D eigenvalue weighted by atomic mass is 32.2. The van der Waals surface area contributed by atoms with Crippen LogP contribution in [0.5, 0.6) is 0 Å². The Morgan fingerprint density at radius 3 is 2.23 bits per heavy atom. The summed E-state index contributed by atoms with van der Waals surface area (Å²) in [7, 11) is -3.97. The fourth-order valence-electron chi connectivity index (χ4n) is 2.24. The van der Waals surface area contributed by atoms with Crippen molar-refractivity contribution in [2.75, 3.05) is 6.61 Å². The lowest BCUT2D eigenvalue weighted by Gasteiger charge is -2.07. The van der Waals surface area contributed by atoms with Crippen LogP contribution in [0.2, 0.25) is 0 Å². The minimum Gasteiger partial charge on any atom is -0.473 e. The van der Waals surface area contributed by atoms with Crippen molar-refractivity contribution in [1.82, 2.24) is 9.55 Å². The lowest BCUT2D eigenvalue weighted by atomic mass is 10.3. The van der Waals surface area contributed by atoms with Crippen LogP contribution in [0.3, 0.4) is 0 Å². The lowest BCUT2D eigenvalue weighted by Crippen LogP contribution is -2.11. The second-order valence-electron chi connectivity index (χ2n) is 5.56. The Hall–Kier alpha value is -3.84. The average Bonchev–Trinajstić information content (AvgIpc) is 3.11. The number of carbonyl (C=O) groups is 2. The summed E-state index contributed by atoms with van der Waals surface area (Å²) < 4.78 is 31.0. The van der Waals surface area contributed by atoms with Crippen LogP contribution in [-0.2, 0) is 30.4 Å². The number of benzene rings is 2. The van der Waals surface area contributed by atoms with Gasteiger partial charge in [0.2, 0.25) is 0 Å². The van der Waals surface area contributed by atoms with Gasteiger partial charge in [-0.3, -0.25) is 14.3 Å². The van der Waals surface area contributed by atoms with E-state index < -0.39 is 27.0 Å². The molecule has 12 nitrogen and oxygen atoms in total. The summed E-state index contributed by atoms with van der Waals surface area (Å²) in [6.07, 6.45) is 1.62. The van der Waals surface area contributed by atoms with E-state index in [1.165, 1.54) is 0 Å². The molecule has 1 aromatic heterocycles. The van der Waals surface area contributed by atoms with Crippen LogP contribution < -0.4 is 0 Å². The number of nitro benzene ring substituents is 1. The number of rotatable bonds is 6. The molecule has 1 heterocycles. The average molecular weight is 437 g/mol. The van der Waals surface area contributed by atoms with Crippen molar-refractivity contribution in [2.45, 2.75) is 11.4 Å². The van der Waals surface area contributed by atoms with Gasteiger partial charge in [-0.2, -0.15) is 8.42 Å². The molecule has 0 atom stereocenters. The number of carboxylic acids is 2. The van der Waals surface area contributed by atoms with E-state index in [0.717, 1.165) is 35.3 Å². The van der Waals surface area contributed by atoms with Crippen molar-refractivity contribution in [3.63, 3.8) is 0 Å². The number of aliphatic carboxylic acids is 2. The fourth-order valence-corrected chi connectivity index (χ4v) is 3.14. The number of imidazole rings is 1. The van der Waals surface area contributed by atoms with Crippen LogP contribution in [0.1, 0.15) is 0 Å². The monoisotopic (exact) mass is 437 g/mol. The third-order valence-electron chi connectivity index (χ3n) is 3.62. The predicted octanol–water partition coefficient (Wildman–Crippen LogP) is 1.51. The number of aromatic nitrogens is 2. The first-order chi connectivity index (χ1) is 14.1. The zero-order valence-electron chi connectivity index (χ0n) is 15.1. The van der Waals surface area contributed by atoms with Gasteiger partial charge in [0.05, 0.1) is 33.8 Å². The van der Waals surface area contributed by atoms with Crippen LogP contribution in [0.15, 0.2) is 59.8 Å². The van der Waals surface area contributed by atoms with E-state index in [1.54, 1.807) is 10.9 Å². The van der Waals surface area contributed by atoms with Crippen molar-refractivity contribution >= 4 is 38.8 Å². The Balaban J connectivity index is 0.000000469. The second-order valence-corrected chi connectivity index (χ2v) is 7.18. The highest BCUT2D eigenvalue weighted by Crippen LogP contribution is 2.18. The minimum atomic E-state index is -3.97. The van der Waals surface area contributed by atoms with Gasteiger partial charge in [-0.25, -0.2) is 14.6 Å². The number of nitro groups is 1. The summed E-state index contributed by atoms with van der Waals surface area (Å²) in [5.74, 6) is -3.65. The molecule has 0 aliphatic heterocycles. The lowest BCUT2D eigenvalue weighted by molar-refractivity contribution is -0.384. The first-order valence-corrected chi connectivity index (χ1v) is 9.52. The van der Waals surface area contributed by atoms with E-state index in [2.05, 4.69) is 4.98 Å². The van der Waals surface area contributed by atoms with Crippen molar-refractivity contribution in [2.24, 2.45) is 0 Å². The van der Waals surface area contributed by atoms with Crippen LogP contribution in [-0.4, -0.2) is 51.7 Å². The van der Waals surface area contributed by atoms with Gasteiger partial charge >= 0.3 is 11.9 Å². The zero-order valence-corrected chi connectivity index (χ0v) is 15.9. The van der Waals surface area contributed by atoms with E-state index in [4.69, 9.17) is 24.0 Å². The first kappa shape index (κ1) is 22.4. The van der Waals surface area contributed by atoms with Crippen LogP contribution in [0.25, 0.3) is 11.0 Å². The molecule has 30 heavy (non-hydrogen) atoms. The van der Waals surface area contributed by atoms with Gasteiger partial charge in [0.25, 0.3) is 15.8 Å². The highest BCUT2D eigenvalue weighted by molar-refractivity contribution is 7.86. The van der Waals surface area contributed by atoms with Crippen LogP contribution >= 0.6 is 0 Å². The standard InChI is InChI=1S/C15H13N3O5S.C2H2O4/c19-18(20)12-5-7-13(8-6-12)24(21,22)23-10-9-17-11-16-14-3-1-2-4-15(14)17;3-1(4)2(5)6/h1-8,11H,9-10H2;(H,3,4)(H,5,6). The van der Waals surface area contributed by atoms with Gasteiger partial charge in [-0.15, -0.1) is 0 Å². The van der Waals surface area contributed by atoms with Crippen LogP contribution in [0, 0.1) is 10.1 Å². The van der Waals surface area contributed by atoms with Crippen molar-refractivity contribution in [3.8, 4) is 0 Å². The molecule has 0 aliphatic carbocycles. The maximum Gasteiger partial charge on any atom is 0.414 e. The maximum absolute atomic E-state index is 12.1. The Bertz CT molecular complexity index is 1160. The van der Waals surface area contributed by atoms with Gasteiger partial charge < -0.3 is 14.8 Å². The van der Waals surface area contributed by atoms with E-state index in [0.29, 0.717) is 6.54 Å². The molecular weight excluding hydrogens is 422 g/mol. The molecule has 0 radical (unpaired) electrons. The molecular formula is C17H15N3O9S. The fraction of sp³-hybridized carbons (Fsp3) is 0.118. The summed E-state index contributed by atoms with van der Waals surface area (Å²) in [5, 5.41) is 25.4. The van der Waals surface area contributed by atoms with E-state index >= 15 is 0 Å². The number of hydrogen-bond donors (Lipinski definition) is 2. The molecule has 0 bridgehead atoms. The van der Waals surface area contributed by atoms with Gasteiger partial charge in [0, 0.05) is 18.7 Å². The molecule has 2 aromatic carbocycles. The quantitative estimate of drug-likeness (QED) is 0.248. The van der Waals surface area contributed by atoms with E-state index in [1.807, 2.05) is 24.3 Å². The molecule has 0 unspecified atom stereocenters. The summed E-state index contributed by atoms with van der Waals surface area (Å²) >= 11 is 0. The SMILES string of the molecule is O=C(O)C(=O)O.O=[N+]([O-])c1ccc(S(=O)(=O)OCCn2cnc3ccccc32)cc1. The molecule has 0 aliphatic rings. The zero-order chi connectivity index (χ0) is 22.3. The molecule has 2 N–H and O–H groups in total. The Morgan fingerprint density at radius 2 is 1.67 bits per heavy atom. The number of hydrogen-bond acceptors (Lipinski definition) is 8. The third kappa shape index (κ3) is 5.83. The number of fused-ring (bicyclic) bond motifs is 1. The maximum atomic E-state index is 12.1. The molecule has 0 saturated heterocycles. The van der Waals surface area contributed by atoms with Gasteiger partial charge in [-0.1, -0.05) is 12.1 Å². The molecule has 0 saturated carbocycles. The number of nitrogens with zero attached hydrogens (tertiary/aromatic N) is 3. The topological polar surface area (TPSA) is 179 Å². The van der Waals surface area contributed by atoms with Crippen LogP contribution in [0.4, 0.5) is 5.69 Å². The summed E-state index contributed by atoms with van der Waals surface area (Å²) in [6, 6.07) is 12.0. The van der Waals surface area contributed by atoms with Crippen molar-refractivity contribution in [1.29, 1.82) is 0 Å². The van der Waals surface area contributed by atoms with E-state index in [-0.39, 0.29) is 17.2 Å². The molecule has 13 heteroatoms. The van der Waals surface area contributed by atoms with Gasteiger partial charge in [-0.05, 0) is 24.3 Å². The molecule has 0 spiro atoms. The summed E-state index contributed by atoms with van der Waals surface area (Å²) in [5.41, 5.74) is 1.52. The number of non-ortho nitro benzene ring substituents is 1. The number of carboxylic acid groups (broad SMARTS) is 2. The Morgan fingerprint density at radius 1 is 1.07 bits per heavy atom. The first-order valence-electron chi connectivity index (χ1n) is 8.12. The summed E-state index contributed by atoms with van der Waals surface area (Å²) in [4.78, 5) is 32.3. The largest absolute Gasteiger partial charge is 0.473 e. The van der Waals surface area contributed by atoms with Crippen molar-refractivity contribution in [3.05, 3.63) is 65.0 Å². The van der Waals surface area contributed by atoms with E-state index in [9.17, 15) is 18.5 Å². The molecule has 3 aromatic rings. The smallest absolute Gasteiger partial charge is 0.414 e. The number of para-hydroxylation sites is 2. The summed E-state index contributed by atoms with van der Waals surface area (Å²) in [6.45, 7) is 0.242. The Kier molecular flexibility index (Phi) is 7.17. The molecule has 0 fully saturated rings. The van der Waals surface area contributed by atoms with Crippen molar-refractivity contribution < 1.29 is 37.3 Å². The second kappa shape index (κ2) is 9.58. The molecule has 3 rings (SSSR count). The predicted molar refractivity (Wildman–Crippen MR) is 101 cm³/mol. The molecule has 0 amide bonds. The van der Waals surface area contributed by atoms with Gasteiger partial charge in [0.1, 0.15) is 0 Å². The highest BCUT2D eigenvalue weighted by Gasteiger charge is 2.17.